The van der Waals surface area contributed by atoms with Crippen molar-refractivity contribution in [3.05, 3.63) is 0 Å². The fourth-order valence-electron chi connectivity index (χ4n) is 0. The predicted molar refractivity (Wildman–Crippen MR) is 169 cm³/mol. The second-order valence-electron chi connectivity index (χ2n) is 6.51. The van der Waals surface area contributed by atoms with Crippen molar-refractivity contribution in [1.29, 1.82) is 0 Å². The fourth-order valence-corrected chi connectivity index (χ4v) is 0. The van der Waals surface area contributed by atoms with E-state index in [0.717, 1.165) is 27.7 Å². The minimum absolute atomic E-state index is 0. The van der Waals surface area contributed by atoms with Crippen LogP contribution in [0, 0.1) is 0 Å². The predicted octanol–water partition coefficient (Wildman–Crippen LogP) is -7.55. The van der Waals surface area contributed by atoms with E-state index in [-0.39, 0.29) is 79.1 Å². The summed E-state index contributed by atoms with van der Waals surface area (Å²) in [6.45, 7) is 20.0. The second kappa shape index (κ2) is 103. The van der Waals surface area contributed by atoms with E-state index in [4.69, 9.17) is 61.3 Å². The van der Waals surface area contributed by atoms with Crippen LogP contribution in [0.1, 0.15) is 83.1 Å². The van der Waals surface area contributed by atoms with Crippen molar-refractivity contribution in [2.24, 2.45) is 0 Å². The van der Waals surface area contributed by atoms with Crippen LogP contribution in [-0.2, 0) is 45.4 Å². The summed E-state index contributed by atoms with van der Waals surface area (Å²) in [5.74, 6) is -5.74. The zero-order chi connectivity index (χ0) is 42.3. The maximum absolute atomic E-state index is 9.34. The molecule has 0 aromatic carbocycles. The van der Waals surface area contributed by atoms with Gasteiger partial charge in [-0.05, 0) is 83.1 Å². The first-order valence-electron chi connectivity index (χ1n) is 14.3. The van der Waals surface area contributed by atoms with Crippen molar-refractivity contribution in [2.75, 3.05) is 52.9 Å². The van der Waals surface area contributed by atoms with Gasteiger partial charge in [0.05, 0.1) is 48.3 Å². The van der Waals surface area contributed by atoms with Crippen LogP contribution in [0.15, 0.2) is 0 Å². The minimum Gasteiger partial charge on any atom is -0.547 e. The standard InChI is InChI=1S/4C3H6O3.8C2H6O.Zr/c4*1-2(4)3(5)6;8*1-2-3;/h4*2,4H,1H3,(H,5,6);8*3H,2H2,1H3;/q;;;;;;;;;;;;+4/p-4. The molecule has 20 nitrogen and oxygen atoms in total. The van der Waals surface area contributed by atoms with Gasteiger partial charge >= 0.3 is 26.2 Å². The number of carboxylic acids is 4. The van der Waals surface area contributed by atoms with Crippen LogP contribution in [0.3, 0.4) is 0 Å². The molecule has 0 aliphatic heterocycles. The number of aliphatic hydroxyl groups excluding tert-OH is 12. The molecule has 0 aromatic rings. The average molecular weight is 816 g/mol. The number of rotatable bonds is 4. The molecule has 21 heteroatoms. The molecule has 4 atom stereocenters. The molecule has 12 N–H and O–H groups in total. The van der Waals surface area contributed by atoms with Crippen molar-refractivity contribution < 1.29 is 127 Å². The van der Waals surface area contributed by atoms with Gasteiger partial charge in [0.1, 0.15) is 0 Å². The van der Waals surface area contributed by atoms with Crippen LogP contribution in [0.5, 0.6) is 0 Å². The number of carboxylic acid groups (broad SMARTS) is 4. The van der Waals surface area contributed by atoms with E-state index in [0.29, 0.717) is 0 Å². The summed E-state index contributed by atoms with van der Waals surface area (Å²) in [5, 5.41) is 130. The van der Waals surface area contributed by atoms with Gasteiger partial charge in [0.25, 0.3) is 0 Å². The van der Waals surface area contributed by atoms with E-state index in [1.165, 1.54) is 0 Å². The summed E-state index contributed by atoms with van der Waals surface area (Å²) in [5.41, 5.74) is 0. The Morgan fingerprint density at radius 2 is 0.367 bits per heavy atom. The van der Waals surface area contributed by atoms with Crippen LogP contribution in [0.2, 0.25) is 0 Å². The fraction of sp³-hybridized carbons (Fsp3) is 0.857. The topological polar surface area (TPSA) is 403 Å². The zero-order valence-electron chi connectivity index (χ0n) is 31.1. The number of aliphatic hydroxyl groups is 12. The van der Waals surface area contributed by atoms with E-state index < -0.39 is 48.3 Å². The summed E-state index contributed by atoms with van der Waals surface area (Å²) in [7, 11) is 0. The molecule has 0 aliphatic rings. The van der Waals surface area contributed by atoms with Crippen LogP contribution >= 0.6 is 0 Å². The van der Waals surface area contributed by atoms with Gasteiger partial charge in [-0.15, -0.1) is 0 Å². The van der Waals surface area contributed by atoms with E-state index >= 15 is 0 Å². The van der Waals surface area contributed by atoms with Gasteiger partial charge in [-0.2, -0.15) is 0 Å². The Labute approximate surface area is 310 Å². The van der Waals surface area contributed by atoms with Gasteiger partial charge in [-0.1, -0.05) is 0 Å². The maximum Gasteiger partial charge on any atom is 4.00 e. The largest absolute Gasteiger partial charge is 4.00 e. The molecule has 0 spiro atoms. The van der Waals surface area contributed by atoms with Gasteiger partial charge in [0.2, 0.25) is 0 Å². The van der Waals surface area contributed by atoms with Crippen molar-refractivity contribution in [2.45, 2.75) is 108 Å². The van der Waals surface area contributed by atoms with Gasteiger partial charge in [-0.25, -0.2) is 0 Å². The third kappa shape index (κ3) is 445. The smallest absolute Gasteiger partial charge is 0.547 e. The van der Waals surface area contributed by atoms with Crippen LogP contribution < -0.4 is 20.4 Å². The third-order valence-corrected chi connectivity index (χ3v) is 1.36. The van der Waals surface area contributed by atoms with E-state index in [1.54, 1.807) is 55.4 Å². The Kier molecular flexibility index (Phi) is 182. The molecular formula is C28H68O20Zr. The van der Waals surface area contributed by atoms with Crippen molar-refractivity contribution >= 4 is 23.9 Å². The Balaban J connectivity index is -0.0000000266. The molecule has 0 saturated heterocycles. The van der Waals surface area contributed by atoms with Crippen LogP contribution in [0.4, 0.5) is 0 Å². The van der Waals surface area contributed by atoms with E-state index in [9.17, 15) is 39.6 Å². The third-order valence-electron chi connectivity index (χ3n) is 1.36. The molecule has 4 unspecified atom stereocenters. The second-order valence-corrected chi connectivity index (χ2v) is 6.51. The van der Waals surface area contributed by atoms with Crippen molar-refractivity contribution in [1.82, 2.24) is 0 Å². The maximum atomic E-state index is 9.34. The number of carbonyl (C=O) groups is 4. The molecule has 0 fully saturated rings. The molecule has 0 radical (unpaired) electrons. The Morgan fingerprint density at radius 3 is 0.367 bits per heavy atom. The molecule has 49 heavy (non-hydrogen) atoms. The van der Waals surface area contributed by atoms with Gasteiger partial charge in [0, 0.05) is 52.9 Å². The Morgan fingerprint density at radius 1 is 0.347 bits per heavy atom. The van der Waals surface area contributed by atoms with Gasteiger partial charge in [-0.3, -0.25) is 0 Å². The molecule has 0 saturated carbocycles. The number of aliphatic carboxylic acids is 4. The molecule has 304 valence electrons. The van der Waals surface area contributed by atoms with Gasteiger partial charge < -0.3 is 101 Å². The summed E-state index contributed by atoms with van der Waals surface area (Å²) in [6.07, 6.45) is -5.37. The first-order valence-corrected chi connectivity index (χ1v) is 14.3. The van der Waals surface area contributed by atoms with Crippen LogP contribution in [-0.4, -0.2) is 162 Å². The summed E-state index contributed by atoms with van der Waals surface area (Å²) < 4.78 is 0. The summed E-state index contributed by atoms with van der Waals surface area (Å²) in [4.78, 5) is 37.4. The quantitative estimate of drug-likeness (QED) is 0.125. The van der Waals surface area contributed by atoms with E-state index in [1.807, 2.05) is 0 Å². The number of hydrogen-bond acceptors (Lipinski definition) is 20. The number of hydrogen-bond donors (Lipinski definition) is 12. The summed E-state index contributed by atoms with van der Waals surface area (Å²) in [6, 6.07) is 0. The molecule has 0 aromatic heterocycles. The molecule has 0 bridgehead atoms. The Hall–Kier alpha value is -1.72. The Bertz CT molecular complexity index is 415. The monoisotopic (exact) mass is 814 g/mol. The molecule has 0 aliphatic carbocycles. The molecule has 0 amide bonds. The zero-order valence-corrected chi connectivity index (χ0v) is 33.6. The molecular weight excluding hydrogens is 748 g/mol. The minimum atomic E-state index is -1.44. The molecule has 0 rings (SSSR count). The van der Waals surface area contributed by atoms with Crippen molar-refractivity contribution in [3.8, 4) is 0 Å². The van der Waals surface area contributed by atoms with E-state index in [2.05, 4.69) is 0 Å². The number of carbonyl (C=O) groups excluding carboxylic acids is 4. The van der Waals surface area contributed by atoms with Crippen LogP contribution in [0.25, 0.3) is 0 Å². The first kappa shape index (κ1) is 86.2. The molecule has 0 heterocycles. The average Bonchev–Trinajstić information content (AvgIpc) is 2.93. The van der Waals surface area contributed by atoms with Gasteiger partial charge in [0.15, 0.2) is 0 Å². The summed E-state index contributed by atoms with van der Waals surface area (Å²) >= 11 is 0. The SMILES string of the molecule is CC(O)C(=O)[O-].CC(O)C(=O)[O-].CC(O)C(=O)[O-].CC(O)C(=O)[O-].CCO.CCO.CCO.CCO.CCO.CCO.CCO.CCO.[Zr+4]. The first-order chi connectivity index (χ1) is 21.9. The van der Waals surface area contributed by atoms with Crippen molar-refractivity contribution in [3.63, 3.8) is 0 Å². The normalized spacial score (nSPS) is 9.63.